The fourth-order valence-electron chi connectivity index (χ4n) is 2.31. The highest BCUT2D eigenvalue weighted by Gasteiger charge is 2.22. The number of hydroxylamine groups is 1. The molecule has 1 rings (SSSR count). The molecule has 0 fully saturated rings. The van der Waals surface area contributed by atoms with Crippen LogP contribution in [0.3, 0.4) is 0 Å². The highest BCUT2D eigenvalue weighted by molar-refractivity contribution is 5.90. The summed E-state index contributed by atoms with van der Waals surface area (Å²) in [6.07, 6.45) is 1.26. The first kappa shape index (κ1) is 22.1. The molecule has 0 heterocycles. The Morgan fingerprint density at radius 1 is 0.963 bits per heavy atom. The Balaban J connectivity index is 2.29. The van der Waals surface area contributed by atoms with Gasteiger partial charge in [0.1, 0.15) is 6.04 Å². The zero-order chi connectivity index (χ0) is 20.1. The molecule has 1 atom stereocenters. The fraction of sp³-hybridized carbons (Fsp3) is 0.444. The maximum absolute atomic E-state index is 12.0. The molecule has 4 N–H and O–H groups in total. The lowest BCUT2D eigenvalue weighted by Gasteiger charge is -2.16. The zero-order valence-corrected chi connectivity index (χ0v) is 15.2. The van der Waals surface area contributed by atoms with Crippen LogP contribution in [-0.4, -0.2) is 42.0 Å². The number of benzene rings is 1. The second kappa shape index (κ2) is 12.4. The minimum Gasteiger partial charge on any atom is -0.467 e. The molecule has 0 unspecified atom stereocenters. The fourth-order valence-corrected chi connectivity index (χ4v) is 2.31. The molecule has 0 spiro atoms. The molecule has 0 aromatic heterocycles. The first-order chi connectivity index (χ1) is 13.0. The predicted molar refractivity (Wildman–Crippen MR) is 96.6 cm³/mol. The minimum atomic E-state index is -0.971. The maximum Gasteiger partial charge on any atom is 0.328 e. The summed E-state index contributed by atoms with van der Waals surface area (Å²) < 4.78 is 4.59. The smallest absolute Gasteiger partial charge is 0.328 e. The predicted octanol–water partition coefficient (Wildman–Crippen LogP) is 1.13. The van der Waals surface area contributed by atoms with Gasteiger partial charge in [-0.2, -0.15) is 0 Å². The molecule has 0 saturated carbocycles. The lowest BCUT2D eigenvalue weighted by Crippen LogP contribution is -2.42. The molecule has 9 heteroatoms. The van der Waals surface area contributed by atoms with Crippen molar-refractivity contribution >= 4 is 29.4 Å². The molecule has 148 valence electrons. The van der Waals surface area contributed by atoms with Crippen LogP contribution < -0.4 is 16.1 Å². The average Bonchev–Trinajstić information content (AvgIpc) is 2.68. The quantitative estimate of drug-likeness (QED) is 0.197. The Kier molecular flexibility index (Phi) is 10.2. The number of rotatable bonds is 11. The number of methoxy groups -OCH3 is 1. The number of amides is 3. The van der Waals surface area contributed by atoms with Gasteiger partial charge in [-0.25, -0.2) is 10.3 Å². The molecule has 0 aliphatic carbocycles. The minimum absolute atomic E-state index is 0.00425. The zero-order valence-electron chi connectivity index (χ0n) is 15.2. The monoisotopic (exact) mass is 379 g/mol. The van der Waals surface area contributed by atoms with Gasteiger partial charge in [-0.15, -0.1) is 0 Å². The highest BCUT2D eigenvalue weighted by atomic mass is 16.5. The molecular formula is C18H25N3O6. The van der Waals surface area contributed by atoms with E-state index in [2.05, 4.69) is 15.4 Å². The van der Waals surface area contributed by atoms with Crippen LogP contribution in [0.15, 0.2) is 30.3 Å². The van der Waals surface area contributed by atoms with Gasteiger partial charge in [0.25, 0.3) is 0 Å². The van der Waals surface area contributed by atoms with Crippen molar-refractivity contribution in [2.24, 2.45) is 0 Å². The van der Waals surface area contributed by atoms with Crippen LogP contribution in [0.2, 0.25) is 0 Å². The van der Waals surface area contributed by atoms with Crippen molar-refractivity contribution in [2.75, 3.05) is 12.4 Å². The number of carbonyl (C=O) groups is 4. The van der Waals surface area contributed by atoms with Crippen molar-refractivity contribution in [2.45, 2.75) is 44.6 Å². The molecular weight excluding hydrogens is 354 g/mol. The van der Waals surface area contributed by atoms with Gasteiger partial charge in [-0.05, 0) is 31.4 Å². The number of unbranched alkanes of at least 4 members (excludes halogenated alkanes) is 1. The van der Waals surface area contributed by atoms with Crippen LogP contribution in [0.1, 0.15) is 38.5 Å². The van der Waals surface area contributed by atoms with Gasteiger partial charge in [0.2, 0.25) is 17.7 Å². The van der Waals surface area contributed by atoms with E-state index in [9.17, 15) is 19.2 Å². The Morgan fingerprint density at radius 3 is 2.19 bits per heavy atom. The number of hydrogen-bond acceptors (Lipinski definition) is 6. The molecule has 1 aromatic carbocycles. The number of esters is 1. The summed E-state index contributed by atoms with van der Waals surface area (Å²) in [6, 6.07) is 8.10. The number of para-hydroxylation sites is 1. The van der Waals surface area contributed by atoms with Crippen molar-refractivity contribution in [3.8, 4) is 0 Å². The molecule has 0 aliphatic heterocycles. The SMILES string of the molecule is COC(=O)[C@@H](CCC(=O)NO)NC(=O)CCCCC(=O)Nc1ccccc1. The second-order valence-corrected chi connectivity index (χ2v) is 5.84. The van der Waals surface area contributed by atoms with E-state index in [0.717, 1.165) is 0 Å². The van der Waals surface area contributed by atoms with Gasteiger partial charge in [-0.3, -0.25) is 19.6 Å². The van der Waals surface area contributed by atoms with Crippen molar-refractivity contribution < 1.29 is 29.1 Å². The average molecular weight is 379 g/mol. The van der Waals surface area contributed by atoms with Crippen LogP contribution in [0.5, 0.6) is 0 Å². The van der Waals surface area contributed by atoms with E-state index >= 15 is 0 Å². The first-order valence-electron chi connectivity index (χ1n) is 8.61. The third kappa shape index (κ3) is 9.36. The van der Waals surface area contributed by atoms with E-state index < -0.39 is 17.9 Å². The lowest BCUT2D eigenvalue weighted by molar-refractivity contribution is -0.145. The van der Waals surface area contributed by atoms with Crippen LogP contribution >= 0.6 is 0 Å². The Morgan fingerprint density at radius 2 is 1.59 bits per heavy atom. The van der Waals surface area contributed by atoms with Gasteiger partial charge < -0.3 is 15.4 Å². The Bertz CT molecular complexity index is 635. The van der Waals surface area contributed by atoms with Crippen LogP contribution in [0.25, 0.3) is 0 Å². The van der Waals surface area contributed by atoms with Gasteiger partial charge in [0.05, 0.1) is 7.11 Å². The molecule has 27 heavy (non-hydrogen) atoms. The standard InChI is InChI=1S/C18H25N3O6/c1-27-18(25)14(11-12-17(24)21-26)20-16(23)10-6-5-9-15(22)19-13-7-3-2-4-8-13/h2-4,7-8,14,26H,5-6,9-12H2,1H3,(H,19,22)(H,20,23)(H,21,24)/t14-/m1/s1. The van der Waals surface area contributed by atoms with Crippen molar-refractivity contribution in [3.63, 3.8) is 0 Å². The molecule has 3 amide bonds. The Labute approximate surface area is 157 Å². The summed E-state index contributed by atoms with van der Waals surface area (Å²) >= 11 is 0. The maximum atomic E-state index is 12.0. The third-order valence-corrected chi connectivity index (χ3v) is 3.72. The Hall–Kier alpha value is -2.94. The van der Waals surface area contributed by atoms with E-state index in [4.69, 9.17) is 5.21 Å². The third-order valence-electron chi connectivity index (χ3n) is 3.72. The molecule has 0 aliphatic rings. The molecule has 9 nitrogen and oxygen atoms in total. The summed E-state index contributed by atoms with van der Waals surface area (Å²) in [5.41, 5.74) is 2.17. The molecule has 0 bridgehead atoms. The second-order valence-electron chi connectivity index (χ2n) is 5.84. The number of anilines is 1. The van der Waals surface area contributed by atoms with Gasteiger partial charge in [0.15, 0.2) is 0 Å². The number of nitrogens with one attached hydrogen (secondary N) is 3. The van der Waals surface area contributed by atoms with Crippen molar-refractivity contribution in [1.29, 1.82) is 0 Å². The highest BCUT2D eigenvalue weighted by Crippen LogP contribution is 2.08. The molecule has 0 saturated heterocycles. The topological polar surface area (TPSA) is 134 Å². The summed E-state index contributed by atoms with van der Waals surface area (Å²) in [6.45, 7) is 0. The van der Waals surface area contributed by atoms with E-state index in [1.807, 2.05) is 18.2 Å². The van der Waals surface area contributed by atoms with E-state index in [1.54, 1.807) is 12.1 Å². The van der Waals surface area contributed by atoms with Gasteiger partial charge in [-0.1, -0.05) is 18.2 Å². The van der Waals surface area contributed by atoms with Crippen LogP contribution in [0.4, 0.5) is 5.69 Å². The number of ether oxygens (including phenoxy) is 1. The lowest BCUT2D eigenvalue weighted by atomic mass is 10.1. The number of hydrogen-bond donors (Lipinski definition) is 4. The number of carbonyl (C=O) groups excluding carboxylic acids is 4. The van der Waals surface area contributed by atoms with Crippen LogP contribution in [0, 0.1) is 0 Å². The van der Waals surface area contributed by atoms with E-state index in [1.165, 1.54) is 12.6 Å². The van der Waals surface area contributed by atoms with Crippen molar-refractivity contribution in [1.82, 2.24) is 10.8 Å². The molecule has 0 radical (unpaired) electrons. The van der Waals surface area contributed by atoms with Gasteiger partial charge in [0, 0.05) is 24.9 Å². The summed E-state index contributed by atoms with van der Waals surface area (Å²) in [5, 5.41) is 13.7. The van der Waals surface area contributed by atoms with E-state index in [-0.39, 0.29) is 37.5 Å². The van der Waals surface area contributed by atoms with E-state index in [0.29, 0.717) is 18.5 Å². The van der Waals surface area contributed by atoms with Crippen molar-refractivity contribution in [3.05, 3.63) is 30.3 Å². The van der Waals surface area contributed by atoms with Gasteiger partial charge >= 0.3 is 5.97 Å². The molecule has 1 aromatic rings. The van der Waals surface area contributed by atoms with Crippen LogP contribution in [-0.2, 0) is 23.9 Å². The largest absolute Gasteiger partial charge is 0.467 e. The first-order valence-corrected chi connectivity index (χ1v) is 8.61. The summed E-state index contributed by atoms with van der Waals surface area (Å²) in [7, 11) is 1.18. The normalized spacial score (nSPS) is 11.2. The summed E-state index contributed by atoms with van der Waals surface area (Å²) in [5.74, 6) is -1.85. The summed E-state index contributed by atoms with van der Waals surface area (Å²) in [4.78, 5) is 46.5.